The number of nitrogens with one attached hydrogen (secondary N) is 1. The number of amides is 2. The first-order valence-electron chi connectivity index (χ1n) is 11.1. The number of halogens is 2. The van der Waals surface area contributed by atoms with Crippen molar-refractivity contribution in [3.05, 3.63) is 63.1 Å². The van der Waals surface area contributed by atoms with Crippen LogP contribution in [-0.4, -0.2) is 35.4 Å². The predicted molar refractivity (Wildman–Crippen MR) is 131 cm³/mol. The first kappa shape index (κ1) is 24.6. The van der Waals surface area contributed by atoms with Gasteiger partial charge < -0.3 is 15.0 Å². The lowest BCUT2D eigenvalue weighted by Crippen LogP contribution is -2.52. The van der Waals surface area contributed by atoms with E-state index >= 15 is 0 Å². The van der Waals surface area contributed by atoms with Crippen molar-refractivity contribution in [3.63, 3.8) is 0 Å². The van der Waals surface area contributed by atoms with Crippen molar-refractivity contribution >= 4 is 39.3 Å². The van der Waals surface area contributed by atoms with Crippen molar-refractivity contribution in [1.29, 1.82) is 0 Å². The maximum absolute atomic E-state index is 13.3. The van der Waals surface area contributed by atoms with Gasteiger partial charge in [-0.05, 0) is 65.9 Å². The van der Waals surface area contributed by atoms with Gasteiger partial charge in [-0.3, -0.25) is 9.59 Å². The summed E-state index contributed by atoms with van der Waals surface area (Å²) in [7, 11) is 0. The number of aryl methyl sites for hydroxylation is 1. The van der Waals surface area contributed by atoms with Gasteiger partial charge in [-0.25, -0.2) is 0 Å². The van der Waals surface area contributed by atoms with Crippen LogP contribution >= 0.6 is 27.5 Å². The van der Waals surface area contributed by atoms with Gasteiger partial charge in [0.05, 0.1) is 4.47 Å². The Hall–Kier alpha value is -2.05. The minimum atomic E-state index is -0.554. The summed E-state index contributed by atoms with van der Waals surface area (Å²) < 4.78 is 6.45. The van der Waals surface area contributed by atoms with E-state index in [0.29, 0.717) is 28.2 Å². The average molecular weight is 522 g/mol. The lowest BCUT2D eigenvalue weighted by molar-refractivity contribution is -0.143. The van der Waals surface area contributed by atoms with Gasteiger partial charge in [-0.2, -0.15) is 0 Å². The number of carbonyl (C=O) groups excluding carboxylic acids is 2. The average Bonchev–Trinajstić information content (AvgIpc) is 3.27. The maximum atomic E-state index is 13.3. The molecule has 0 heterocycles. The van der Waals surface area contributed by atoms with Gasteiger partial charge in [0.25, 0.3) is 5.91 Å². The summed E-state index contributed by atoms with van der Waals surface area (Å²) in [5.74, 6) is 0.204. The lowest BCUT2D eigenvalue weighted by Gasteiger charge is -2.31. The van der Waals surface area contributed by atoms with Gasteiger partial charge >= 0.3 is 0 Å². The Morgan fingerprint density at radius 2 is 1.88 bits per heavy atom. The van der Waals surface area contributed by atoms with E-state index in [4.69, 9.17) is 16.3 Å². The lowest BCUT2D eigenvalue weighted by atomic mass is 10.1. The molecule has 5 nitrogen and oxygen atoms in total. The molecule has 32 heavy (non-hydrogen) atoms. The molecule has 0 aliphatic heterocycles. The van der Waals surface area contributed by atoms with Crippen LogP contribution in [0.1, 0.15) is 50.2 Å². The van der Waals surface area contributed by atoms with Crippen LogP contribution in [0.5, 0.6) is 5.75 Å². The number of hydrogen-bond donors (Lipinski definition) is 1. The first-order valence-corrected chi connectivity index (χ1v) is 12.3. The molecule has 1 N–H and O–H groups in total. The largest absolute Gasteiger partial charge is 0.483 e. The first-order chi connectivity index (χ1) is 15.4. The molecule has 2 aromatic carbocycles. The summed E-state index contributed by atoms with van der Waals surface area (Å²) >= 11 is 9.40. The predicted octanol–water partition coefficient (Wildman–Crippen LogP) is 5.66. The third-order valence-corrected chi connectivity index (χ3v) is 6.66. The molecule has 0 bridgehead atoms. The molecule has 1 fully saturated rings. The zero-order valence-corrected chi connectivity index (χ0v) is 20.9. The van der Waals surface area contributed by atoms with Crippen molar-refractivity contribution in [3.8, 4) is 5.75 Å². The van der Waals surface area contributed by atoms with Gasteiger partial charge in [0.15, 0.2) is 6.61 Å². The number of carbonyl (C=O) groups is 2. The molecule has 0 aromatic heterocycles. The van der Waals surface area contributed by atoms with Gasteiger partial charge in [-0.1, -0.05) is 61.2 Å². The van der Waals surface area contributed by atoms with Gasteiger partial charge in [0, 0.05) is 17.6 Å². The summed E-state index contributed by atoms with van der Waals surface area (Å²) in [6.45, 7) is 4.14. The second-order valence-electron chi connectivity index (χ2n) is 8.28. The number of benzene rings is 2. The second kappa shape index (κ2) is 11.7. The molecule has 1 unspecified atom stereocenters. The second-order valence-corrected chi connectivity index (χ2v) is 9.58. The van der Waals surface area contributed by atoms with Crippen molar-refractivity contribution in [2.45, 2.75) is 64.6 Å². The van der Waals surface area contributed by atoms with E-state index in [2.05, 4.69) is 21.2 Å². The van der Waals surface area contributed by atoms with Crippen LogP contribution in [-0.2, 0) is 16.1 Å². The Labute approximate surface area is 203 Å². The molecule has 0 radical (unpaired) electrons. The molecule has 3 rings (SSSR count). The smallest absolute Gasteiger partial charge is 0.261 e. The molecule has 172 valence electrons. The Morgan fingerprint density at radius 1 is 1.19 bits per heavy atom. The maximum Gasteiger partial charge on any atom is 0.261 e. The molecule has 2 aromatic rings. The Bertz CT molecular complexity index is 929. The molecule has 0 spiro atoms. The standard InChI is InChI=1S/C25H30BrClN2O3/c1-3-22(25(31)28-20-6-4-5-7-20)29(15-18-10-8-17(2)9-11-18)24(30)16-32-23-13-12-19(27)14-21(23)26/h8-14,20,22H,3-7,15-16H2,1-2H3,(H,28,31). The molecule has 1 aliphatic rings. The van der Waals surface area contributed by atoms with Crippen LogP contribution in [0.3, 0.4) is 0 Å². The highest BCUT2D eigenvalue weighted by Gasteiger charge is 2.31. The molecule has 2 amide bonds. The topological polar surface area (TPSA) is 58.6 Å². The summed E-state index contributed by atoms with van der Waals surface area (Å²) in [5.41, 5.74) is 2.12. The Balaban J connectivity index is 1.76. The number of nitrogens with zero attached hydrogens (tertiary/aromatic N) is 1. The van der Waals surface area contributed by atoms with E-state index in [1.807, 2.05) is 38.1 Å². The van der Waals surface area contributed by atoms with Crippen molar-refractivity contribution < 1.29 is 14.3 Å². The minimum absolute atomic E-state index is 0.0902. The van der Waals surface area contributed by atoms with Gasteiger partial charge in [0.2, 0.25) is 5.91 Å². The normalized spacial score (nSPS) is 14.8. The van der Waals surface area contributed by atoms with E-state index in [1.54, 1.807) is 23.1 Å². The zero-order valence-electron chi connectivity index (χ0n) is 18.6. The summed E-state index contributed by atoms with van der Waals surface area (Å²) in [4.78, 5) is 28.0. The van der Waals surface area contributed by atoms with Crippen molar-refractivity contribution in [2.24, 2.45) is 0 Å². The summed E-state index contributed by atoms with van der Waals surface area (Å²) in [6.07, 6.45) is 4.81. The van der Waals surface area contributed by atoms with Crippen molar-refractivity contribution in [2.75, 3.05) is 6.61 Å². The van der Waals surface area contributed by atoms with Crippen molar-refractivity contribution in [1.82, 2.24) is 10.2 Å². The molecular weight excluding hydrogens is 492 g/mol. The summed E-state index contributed by atoms with van der Waals surface area (Å²) in [6, 6.07) is 12.8. The molecule has 1 saturated carbocycles. The van der Waals surface area contributed by atoms with Crippen LogP contribution < -0.4 is 10.1 Å². The number of rotatable bonds is 9. The SMILES string of the molecule is CCC(C(=O)NC1CCCC1)N(Cc1ccc(C)cc1)C(=O)COc1ccc(Cl)cc1Br. The Morgan fingerprint density at radius 3 is 2.50 bits per heavy atom. The molecule has 1 atom stereocenters. The highest BCUT2D eigenvalue weighted by Crippen LogP contribution is 2.28. The van der Waals surface area contributed by atoms with Crippen LogP contribution in [0.25, 0.3) is 0 Å². The van der Waals surface area contributed by atoms with E-state index in [9.17, 15) is 9.59 Å². The molecule has 1 aliphatic carbocycles. The van der Waals surface area contributed by atoms with E-state index in [-0.39, 0.29) is 24.5 Å². The fraction of sp³-hybridized carbons (Fsp3) is 0.440. The van der Waals surface area contributed by atoms with Crippen LogP contribution in [0.2, 0.25) is 5.02 Å². The minimum Gasteiger partial charge on any atom is -0.483 e. The third kappa shape index (κ3) is 6.72. The third-order valence-electron chi connectivity index (χ3n) is 5.81. The van der Waals surface area contributed by atoms with E-state index in [0.717, 1.165) is 36.8 Å². The van der Waals surface area contributed by atoms with Crippen LogP contribution in [0.4, 0.5) is 0 Å². The zero-order chi connectivity index (χ0) is 23.1. The highest BCUT2D eigenvalue weighted by molar-refractivity contribution is 9.10. The molecular formula is C25H30BrClN2O3. The molecule has 7 heteroatoms. The monoisotopic (exact) mass is 520 g/mol. The van der Waals surface area contributed by atoms with Crippen LogP contribution in [0.15, 0.2) is 46.9 Å². The number of ether oxygens (including phenoxy) is 1. The van der Waals surface area contributed by atoms with E-state index < -0.39 is 6.04 Å². The van der Waals surface area contributed by atoms with Gasteiger partial charge in [0.1, 0.15) is 11.8 Å². The molecule has 0 saturated heterocycles. The van der Waals surface area contributed by atoms with Gasteiger partial charge in [-0.15, -0.1) is 0 Å². The van der Waals surface area contributed by atoms with E-state index in [1.165, 1.54) is 0 Å². The fourth-order valence-electron chi connectivity index (χ4n) is 3.99. The highest BCUT2D eigenvalue weighted by atomic mass is 79.9. The Kier molecular flexibility index (Phi) is 9.00. The summed E-state index contributed by atoms with van der Waals surface area (Å²) in [5, 5.41) is 3.73. The fourth-order valence-corrected chi connectivity index (χ4v) is 4.79. The number of hydrogen-bond acceptors (Lipinski definition) is 3. The van der Waals surface area contributed by atoms with Crippen LogP contribution in [0, 0.1) is 6.92 Å². The quantitative estimate of drug-likeness (QED) is 0.463.